The van der Waals surface area contributed by atoms with Crippen molar-refractivity contribution in [2.45, 2.75) is 13.5 Å². The van der Waals surface area contributed by atoms with E-state index in [9.17, 15) is 4.79 Å². The van der Waals surface area contributed by atoms with Gasteiger partial charge in [-0.25, -0.2) is 4.68 Å². The molecule has 0 bridgehead atoms. The minimum atomic E-state index is -0.113. The van der Waals surface area contributed by atoms with Crippen molar-refractivity contribution >= 4 is 23.5 Å². The van der Waals surface area contributed by atoms with Crippen LogP contribution in [0.2, 0.25) is 0 Å². The molecule has 2 N–H and O–H groups in total. The van der Waals surface area contributed by atoms with E-state index in [1.54, 1.807) is 36.3 Å². The predicted molar refractivity (Wildman–Crippen MR) is 83.2 cm³/mol. The van der Waals surface area contributed by atoms with Crippen LogP contribution in [0.3, 0.4) is 0 Å². The molecule has 2 aromatic rings. The molecule has 2 rings (SSSR count). The number of hydrogen-bond donors (Lipinski definition) is 2. The number of anilines is 2. The summed E-state index contributed by atoms with van der Waals surface area (Å²) in [4.78, 5) is 11.1. The lowest BCUT2D eigenvalue weighted by Gasteiger charge is -2.12. The van der Waals surface area contributed by atoms with Crippen molar-refractivity contribution in [2.75, 3.05) is 17.7 Å². The summed E-state index contributed by atoms with van der Waals surface area (Å²) in [5, 5.41) is 10.1. The molecule has 1 heterocycles. The monoisotopic (exact) mass is 286 g/mol. The van der Waals surface area contributed by atoms with Gasteiger partial charge in [-0.3, -0.25) is 4.79 Å². The third-order valence-corrected chi connectivity index (χ3v) is 2.84. The number of ether oxygens (including phenoxy) is 1. The first kappa shape index (κ1) is 14.6. The van der Waals surface area contributed by atoms with Gasteiger partial charge in [0, 0.05) is 37.1 Å². The first-order valence-electron chi connectivity index (χ1n) is 6.47. The molecule has 0 fully saturated rings. The lowest BCUT2D eigenvalue weighted by molar-refractivity contribution is -0.114. The summed E-state index contributed by atoms with van der Waals surface area (Å²) >= 11 is 0. The van der Waals surface area contributed by atoms with Crippen LogP contribution >= 0.6 is 0 Å². The Morgan fingerprint density at radius 1 is 1.52 bits per heavy atom. The van der Waals surface area contributed by atoms with Crippen LogP contribution in [0.1, 0.15) is 12.5 Å². The highest BCUT2D eigenvalue weighted by molar-refractivity contribution is 5.89. The Kier molecular flexibility index (Phi) is 4.61. The van der Waals surface area contributed by atoms with Gasteiger partial charge in [-0.05, 0) is 18.2 Å². The molecule has 6 heteroatoms. The number of carbonyl (C=O) groups excluding carboxylic acids is 1. The quantitative estimate of drug-likeness (QED) is 0.856. The molecule has 1 amide bonds. The van der Waals surface area contributed by atoms with E-state index in [0.29, 0.717) is 18.0 Å². The number of rotatable bonds is 6. The summed E-state index contributed by atoms with van der Waals surface area (Å²) < 4.78 is 6.95. The van der Waals surface area contributed by atoms with Crippen LogP contribution in [-0.2, 0) is 11.3 Å². The molecule has 0 saturated carbocycles. The summed E-state index contributed by atoms with van der Waals surface area (Å²) in [7, 11) is 1.61. The van der Waals surface area contributed by atoms with Gasteiger partial charge in [-0.1, -0.05) is 6.58 Å². The number of benzene rings is 1. The van der Waals surface area contributed by atoms with E-state index < -0.39 is 0 Å². The highest BCUT2D eigenvalue weighted by Crippen LogP contribution is 2.28. The Balaban J connectivity index is 2.12. The third-order valence-electron chi connectivity index (χ3n) is 2.84. The number of carbonyl (C=O) groups is 1. The minimum Gasteiger partial charge on any atom is -0.495 e. The summed E-state index contributed by atoms with van der Waals surface area (Å²) in [6.07, 6.45) is 5.27. The highest BCUT2D eigenvalue weighted by Gasteiger charge is 2.06. The van der Waals surface area contributed by atoms with Gasteiger partial charge in [0.25, 0.3) is 0 Å². The SMILES string of the molecule is C=Cn1cc(CNc2cc(NC(C)=O)ccc2OC)cn1. The maximum Gasteiger partial charge on any atom is 0.221 e. The van der Waals surface area contributed by atoms with E-state index in [1.165, 1.54) is 6.92 Å². The Morgan fingerprint density at radius 2 is 2.33 bits per heavy atom. The van der Waals surface area contributed by atoms with Crippen molar-refractivity contribution in [1.82, 2.24) is 9.78 Å². The molecule has 21 heavy (non-hydrogen) atoms. The van der Waals surface area contributed by atoms with E-state index in [4.69, 9.17) is 4.74 Å². The van der Waals surface area contributed by atoms with E-state index >= 15 is 0 Å². The molecule has 0 aliphatic rings. The lowest BCUT2D eigenvalue weighted by atomic mass is 10.2. The van der Waals surface area contributed by atoms with E-state index in [0.717, 1.165) is 11.3 Å². The molecule has 0 atom stereocenters. The zero-order chi connectivity index (χ0) is 15.2. The van der Waals surface area contributed by atoms with Crippen molar-refractivity contribution in [3.8, 4) is 5.75 Å². The Labute approximate surface area is 123 Å². The number of hydrogen-bond acceptors (Lipinski definition) is 4. The van der Waals surface area contributed by atoms with E-state index in [-0.39, 0.29) is 5.91 Å². The van der Waals surface area contributed by atoms with Gasteiger partial charge in [0.05, 0.1) is 19.0 Å². The topological polar surface area (TPSA) is 68.2 Å². The molecule has 0 saturated heterocycles. The molecule has 0 aliphatic heterocycles. The smallest absolute Gasteiger partial charge is 0.221 e. The highest BCUT2D eigenvalue weighted by atomic mass is 16.5. The molecule has 0 unspecified atom stereocenters. The van der Waals surface area contributed by atoms with Gasteiger partial charge in [0.15, 0.2) is 0 Å². The first-order chi connectivity index (χ1) is 10.1. The number of methoxy groups -OCH3 is 1. The fraction of sp³-hybridized carbons (Fsp3) is 0.200. The van der Waals surface area contributed by atoms with Crippen molar-refractivity contribution in [1.29, 1.82) is 0 Å². The second kappa shape index (κ2) is 6.60. The normalized spacial score (nSPS) is 10.0. The number of amides is 1. The largest absolute Gasteiger partial charge is 0.495 e. The van der Waals surface area contributed by atoms with Crippen molar-refractivity contribution < 1.29 is 9.53 Å². The number of nitrogens with zero attached hydrogens (tertiary/aromatic N) is 2. The van der Waals surface area contributed by atoms with Crippen LogP contribution in [-0.4, -0.2) is 22.8 Å². The van der Waals surface area contributed by atoms with Crippen molar-refractivity contribution in [2.24, 2.45) is 0 Å². The van der Waals surface area contributed by atoms with Crippen LogP contribution in [0.15, 0.2) is 37.2 Å². The maximum atomic E-state index is 11.1. The molecule has 110 valence electrons. The van der Waals surface area contributed by atoms with Gasteiger partial charge < -0.3 is 15.4 Å². The molecule has 6 nitrogen and oxygen atoms in total. The Hall–Kier alpha value is -2.76. The Bertz CT molecular complexity index is 649. The second-order valence-corrected chi connectivity index (χ2v) is 4.46. The molecule has 0 spiro atoms. The van der Waals surface area contributed by atoms with Crippen LogP contribution in [0.4, 0.5) is 11.4 Å². The fourth-order valence-electron chi connectivity index (χ4n) is 1.89. The maximum absolute atomic E-state index is 11.1. The van der Waals surface area contributed by atoms with Crippen LogP contribution in [0.5, 0.6) is 5.75 Å². The molecule has 0 radical (unpaired) electrons. The summed E-state index contributed by atoms with van der Waals surface area (Å²) in [6, 6.07) is 5.43. The van der Waals surface area contributed by atoms with Crippen LogP contribution < -0.4 is 15.4 Å². The van der Waals surface area contributed by atoms with Gasteiger partial charge >= 0.3 is 0 Å². The zero-order valence-corrected chi connectivity index (χ0v) is 12.1. The summed E-state index contributed by atoms with van der Waals surface area (Å²) in [6.45, 7) is 5.71. The molecular formula is C15H18N4O2. The average Bonchev–Trinajstić information content (AvgIpc) is 2.92. The number of nitrogens with one attached hydrogen (secondary N) is 2. The molecule has 1 aromatic carbocycles. The molecule has 0 aliphatic carbocycles. The van der Waals surface area contributed by atoms with Crippen molar-refractivity contribution in [3.63, 3.8) is 0 Å². The molecule has 1 aromatic heterocycles. The lowest BCUT2D eigenvalue weighted by Crippen LogP contribution is -2.07. The summed E-state index contributed by atoms with van der Waals surface area (Å²) in [5.74, 6) is 0.596. The standard InChI is InChI=1S/C15H18N4O2/c1-4-19-10-12(9-17-19)8-16-14-7-13(18-11(2)20)5-6-15(14)21-3/h4-7,9-10,16H,1,8H2,2-3H3,(H,18,20). The van der Waals surface area contributed by atoms with Gasteiger partial charge in [0.2, 0.25) is 5.91 Å². The Morgan fingerprint density at radius 3 is 2.95 bits per heavy atom. The van der Waals surface area contributed by atoms with Gasteiger partial charge in [-0.15, -0.1) is 0 Å². The molecular weight excluding hydrogens is 268 g/mol. The van der Waals surface area contributed by atoms with Gasteiger partial charge in [0.1, 0.15) is 5.75 Å². The van der Waals surface area contributed by atoms with Crippen LogP contribution in [0, 0.1) is 0 Å². The predicted octanol–water partition coefficient (Wildman–Crippen LogP) is 2.56. The fourth-order valence-corrected chi connectivity index (χ4v) is 1.89. The zero-order valence-electron chi connectivity index (χ0n) is 12.1. The minimum absolute atomic E-state index is 0.113. The summed E-state index contributed by atoms with van der Waals surface area (Å²) in [5.41, 5.74) is 2.53. The van der Waals surface area contributed by atoms with Gasteiger partial charge in [-0.2, -0.15) is 5.10 Å². The van der Waals surface area contributed by atoms with E-state index in [2.05, 4.69) is 22.3 Å². The third kappa shape index (κ3) is 3.85. The van der Waals surface area contributed by atoms with Crippen LogP contribution in [0.25, 0.3) is 6.20 Å². The van der Waals surface area contributed by atoms with Crippen molar-refractivity contribution in [3.05, 3.63) is 42.7 Å². The number of aromatic nitrogens is 2. The second-order valence-electron chi connectivity index (χ2n) is 4.46. The first-order valence-corrected chi connectivity index (χ1v) is 6.47. The average molecular weight is 286 g/mol. The van der Waals surface area contributed by atoms with E-state index in [1.807, 2.05) is 12.3 Å².